The fourth-order valence-electron chi connectivity index (χ4n) is 10.4. The molecular formula is C52H81NO12. The number of rotatable bonds is 6. The maximum Gasteiger partial charge on any atom is 0.329 e. The van der Waals surface area contributed by atoms with Gasteiger partial charge in [-0.1, -0.05) is 78.0 Å². The van der Waals surface area contributed by atoms with E-state index in [2.05, 4.69) is 6.92 Å². The summed E-state index contributed by atoms with van der Waals surface area (Å²) in [5.41, 5.74) is 1.30. The van der Waals surface area contributed by atoms with Gasteiger partial charge in [-0.3, -0.25) is 19.2 Å². The average molecular weight is 912 g/mol. The molecule has 15 atom stereocenters. The highest BCUT2D eigenvalue weighted by atomic mass is 16.6. The molecule has 1 aliphatic carbocycles. The summed E-state index contributed by atoms with van der Waals surface area (Å²) in [7, 11) is 4.70. The van der Waals surface area contributed by atoms with Crippen molar-refractivity contribution in [2.75, 3.05) is 27.9 Å². The van der Waals surface area contributed by atoms with Gasteiger partial charge < -0.3 is 38.8 Å². The molecule has 366 valence electrons. The highest BCUT2D eigenvalue weighted by Crippen LogP contribution is 2.38. The smallest absolute Gasteiger partial charge is 0.329 e. The molecule has 0 aromatic rings. The quantitative estimate of drug-likeness (QED) is 0.153. The van der Waals surface area contributed by atoms with Crippen molar-refractivity contribution in [1.29, 1.82) is 0 Å². The summed E-state index contributed by atoms with van der Waals surface area (Å²) in [4.78, 5) is 71.9. The van der Waals surface area contributed by atoms with Crippen LogP contribution < -0.4 is 0 Å². The molecule has 13 heteroatoms. The number of carbonyl (C=O) groups is 5. The number of fused-ring (bicyclic) bond motifs is 3. The van der Waals surface area contributed by atoms with Gasteiger partial charge in [0, 0.05) is 58.5 Å². The van der Waals surface area contributed by atoms with Gasteiger partial charge in [0.05, 0.1) is 18.3 Å². The number of methoxy groups -OCH3 is 3. The Morgan fingerprint density at radius 3 is 2.25 bits per heavy atom. The van der Waals surface area contributed by atoms with Crippen molar-refractivity contribution in [2.24, 2.45) is 41.4 Å². The van der Waals surface area contributed by atoms with Crippen LogP contribution in [0.3, 0.4) is 0 Å². The molecule has 65 heavy (non-hydrogen) atoms. The Balaban J connectivity index is 1.70. The first-order valence-corrected chi connectivity index (χ1v) is 24.2. The lowest BCUT2D eigenvalue weighted by molar-refractivity contribution is -0.265. The van der Waals surface area contributed by atoms with Crippen molar-refractivity contribution >= 4 is 29.2 Å². The molecule has 4 aliphatic rings. The second-order valence-corrected chi connectivity index (χ2v) is 20.0. The first-order valence-electron chi connectivity index (χ1n) is 24.2. The summed E-state index contributed by atoms with van der Waals surface area (Å²) < 4.78 is 29.7. The minimum atomic E-state index is -2.41. The summed E-state index contributed by atoms with van der Waals surface area (Å²) in [6.45, 7) is 15.1. The second kappa shape index (κ2) is 25.2. The molecule has 0 spiro atoms. The molecule has 1 saturated carbocycles. The first kappa shape index (κ1) is 54.3. The molecule has 2 bridgehead atoms. The van der Waals surface area contributed by atoms with E-state index in [9.17, 15) is 34.2 Å². The van der Waals surface area contributed by atoms with Gasteiger partial charge in [-0.2, -0.15) is 0 Å². The molecule has 13 nitrogen and oxygen atoms in total. The number of ether oxygens (including phenoxy) is 5. The van der Waals surface area contributed by atoms with E-state index in [-0.39, 0.29) is 54.8 Å². The monoisotopic (exact) mass is 912 g/mol. The predicted molar refractivity (Wildman–Crippen MR) is 248 cm³/mol. The number of aliphatic hydroxyl groups is 2. The van der Waals surface area contributed by atoms with E-state index >= 15 is 0 Å². The number of cyclic esters (lactones) is 1. The molecule has 2 saturated heterocycles. The molecule has 3 aliphatic heterocycles. The van der Waals surface area contributed by atoms with Crippen molar-refractivity contribution in [1.82, 2.24) is 4.90 Å². The number of nitrogens with zero attached hydrogens (tertiary/aromatic N) is 1. The van der Waals surface area contributed by atoms with E-state index in [1.54, 1.807) is 41.1 Å². The number of ketones is 3. The van der Waals surface area contributed by atoms with Crippen LogP contribution >= 0.6 is 0 Å². The van der Waals surface area contributed by atoms with Crippen LogP contribution in [-0.2, 0) is 47.7 Å². The van der Waals surface area contributed by atoms with Crippen LogP contribution in [0.2, 0.25) is 0 Å². The van der Waals surface area contributed by atoms with E-state index in [0.29, 0.717) is 56.4 Å². The number of allylic oxidation sites excluding steroid dienone is 6. The van der Waals surface area contributed by atoms with Crippen molar-refractivity contribution in [3.63, 3.8) is 0 Å². The Hall–Kier alpha value is -3.33. The third-order valence-corrected chi connectivity index (χ3v) is 14.8. The van der Waals surface area contributed by atoms with Crippen LogP contribution in [0.1, 0.15) is 132 Å². The first-order chi connectivity index (χ1) is 30.7. The lowest BCUT2D eigenvalue weighted by Crippen LogP contribution is -2.61. The zero-order valence-electron chi connectivity index (χ0n) is 41.2. The number of esters is 1. The predicted octanol–water partition coefficient (Wildman–Crippen LogP) is 7.46. The maximum absolute atomic E-state index is 14.4. The number of aliphatic hydroxyl groups excluding tert-OH is 1. The molecule has 2 N–H and O–H groups in total. The van der Waals surface area contributed by atoms with Gasteiger partial charge in [0.25, 0.3) is 11.7 Å². The maximum atomic E-state index is 14.4. The van der Waals surface area contributed by atoms with E-state index in [1.807, 2.05) is 58.1 Å². The van der Waals surface area contributed by atoms with Crippen LogP contribution in [0.4, 0.5) is 0 Å². The second-order valence-electron chi connectivity index (χ2n) is 20.0. The topological polar surface area (TPSA) is 175 Å². The number of hydrogen-bond acceptors (Lipinski definition) is 12. The van der Waals surface area contributed by atoms with E-state index < -0.39 is 77.8 Å². The Bertz CT molecular complexity index is 1750. The lowest BCUT2D eigenvalue weighted by Gasteiger charge is -2.42. The molecule has 3 fully saturated rings. The van der Waals surface area contributed by atoms with Crippen molar-refractivity contribution in [2.45, 2.75) is 181 Å². The van der Waals surface area contributed by atoms with Gasteiger partial charge in [-0.15, -0.1) is 0 Å². The van der Waals surface area contributed by atoms with E-state index in [0.717, 1.165) is 24.8 Å². The van der Waals surface area contributed by atoms with Gasteiger partial charge in [-0.25, -0.2) is 4.79 Å². The zero-order chi connectivity index (χ0) is 48.2. The summed E-state index contributed by atoms with van der Waals surface area (Å²) >= 11 is 0. The highest BCUT2D eigenvalue weighted by Gasteiger charge is 2.53. The van der Waals surface area contributed by atoms with Crippen molar-refractivity contribution in [3.8, 4) is 0 Å². The molecule has 0 aromatic carbocycles. The molecule has 0 aromatic heterocycles. The number of amides is 1. The largest absolute Gasteiger partial charge is 0.460 e. The number of piperidine rings is 1. The molecule has 0 unspecified atom stereocenters. The highest BCUT2D eigenvalue weighted by molar-refractivity contribution is 6.39. The third kappa shape index (κ3) is 14.3. The zero-order valence-corrected chi connectivity index (χ0v) is 41.2. The van der Waals surface area contributed by atoms with Crippen molar-refractivity contribution in [3.05, 3.63) is 47.6 Å². The summed E-state index contributed by atoms with van der Waals surface area (Å²) in [5, 5.41) is 23.4. The fourth-order valence-corrected chi connectivity index (χ4v) is 10.4. The summed E-state index contributed by atoms with van der Waals surface area (Å²) in [6, 6.07) is -1.11. The Kier molecular flexibility index (Phi) is 21.0. The minimum Gasteiger partial charge on any atom is -0.460 e. The molecular weight excluding hydrogens is 831 g/mol. The Morgan fingerprint density at radius 1 is 0.846 bits per heavy atom. The van der Waals surface area contributed by atoms with Crippen LogP contribution in [0, 0.1) is 41.4 Å². The van der Waals surface area contributed by atoms with Gasteiger partial charge in [0.2, 0.25) is 5.79 Å². The van der Waals surface area contributed by atoms with Crippen LogP contribution in [0.5, 0.6) is 0 Å². The standard InChI is InChI=1S/C52H81NO12/c1-31-17-13-12-14-18-32(2)44(62-10)29-40-23-21-38(8)52(60,65-40)49(57)50(58)53-24-16-15-19-41(53)51(59)64-45(35(5)27-39-22-20-33(3)43(28-39)61-9)30-42(54)34(4)26-37(7)47(56)48(63-11)46(55)36(6)25-31/h12-14,17-18,26,31,33-36,38-41,43-45,47-48,56,60H,15-16,19-25,27-30H2,1-11H3/b14-12+,17-13+,32-18+,37-26+/t31-,33-,34-,35-,36+,38-,39+,40+,41+,43-,44+,45+,47-,48+,52-/m1/s1. The lowest BCUT2D eigenvalue weighted by atomic mass is 9.76. The molecule has 3 heterocycles. The van der Waals surface area contributed by atoms with E-state index in [4.69, 9.17) is 23.7 Å². The average Bonchev–Trinajstić information content (AvgIpc) is 3.28. The fraction of sp³-hybridized carbons (Fsp3) is 0.750. The summed E-state index contributed by atoms with van der Waals surface area (Å²) in [5.74, 6) is -7.07. The third-order valence-electron chi connectivity index (χ3n) is 14.8. The summed E-state index contributed by atoms with van der Waals surface area (Å²) in [6.07, 6.45) is 13.6. The number of carbonyl (C=O) groups excluding carboxylic acids is 5. The minimum absolute atomic E-state index is 0.0304. The van der Waals surface area contributed by atoms with Gasteiger partial charge in [0.15, 0.2) is 5.78 Å². The van der Waals surface area contributed by atoms with Crippen LogP contribution in [0.15, 0.2) is 47.6 Å². The normalized spacial score (nSPS) is 40.4. The van der Waals surface area contributed by atoms with Gasteiger partial charge in [-0.05, 0) is 113 Å². The molecule has 4 rings (SSSR count). The Morgan fingerprint density at radius 2 is 1.57 bits per heavy atom. The van der Waals surface area contributed by atoms with Crippen LogP contribution in [-0.4, -0.2) is 121 Å². The van der Waals surface area contributed by atoms with Gasteiger partial charge >= 0.3 is 5.97 Å². The number of Topliss-reactive ketones (excluding diaryl/α,β-unsaturated/α-hetero) is 3. The van der Waals surface area contributed by atoms with Crippen LogP contribution in [0.25, 0.3) is 0 Å². The number of hydrogen-bond donors (Lipinski definition) is 2. The van der Waals surface area contributed by atoms with Gasteiger partial charge in [0.1, 0.15) is 30.1 Å². The Labute approximate surface area is 388 Å². The molecule has 1 amide bonds. The van der Waals surface area contributed by atoms with Crippen molar-refractivity contribution < 1.29 is 57.9 Å². The molecule has 0 radical (unpaired) electrons. The SMILES string of the molecule is CO[C@H]1C[C@@H]2CC[C@@H](C)[C@@](O)(O2)C(=O)C(=O)N2CCCC[C@H]2C(=O)O[C@H]([C@H](C)C[C@@H]2CC[C@@H](C)[C@H](OC)C2)CC(=O)[C@H](C)/C=C(\C)[C@@H](O)[C@@H](OC)C(=O)[C@@H](C)C[C@H](C)/C=C/C=C/C=C/1C. The van der Waals surface area contributed by atoms with E-state index in [1.165, 1.54) is 12.0 Å².